The molecule has 1 heterocycles. The third kappa shape index (κ3) is 3.03. The number of hydrogen-bond donors (Lipinski definition) is 1. The third-order valence-corrected chi connectivity index (χ3v) is 4.74. The first-order chi connectivity index (χ1) is 10.8. The lowest BCUT2D eigenvalue weighted by Crippen LogP contribution is -2.27. The van der Waals surface area contributed by atoms with Gasteiger partial charge in [0.2, 0.25) is 0 Å². The van der Waals surface area contributed by atoms with Gasteiger partial charge in [0.05, 0.1) is 11.6 Å². The number of aromatic nitrogens is 1. The molecule has 0 saturated heterocycles. The summed E-state index contributed by atoms with van der Waals surface area (Å²) in [6.07, 6.45) is 5.90. The Bertz CT molecular complexity index is 674. The lowest BCUT2D eigenvalue weighted by molar-refractivity contribution is 0.262. The van der Waals surface area contributed by atoms with Crippen LogP contribution in [0.15, 0.2) is 24.4 Å². The number of H-pyrrole nitrogens is 1. The molecule has 1 aromatic heterocycles. The van der Waals surface area contributed by atoms with Crippen LogP contribution >= 0.6 is 0 Å². The van der Waals surface area contributed by atoms with Crippen LogP contribution in [0.4, 0.5) is 0 Å². The zero-order valence-electron chi connectivity index (χ0n) is 13.6. The Labute approximate surface area is 132 Å². The van der Waals surface area contributed by atoms with Crippen LogP contribution in [-0.2, 0) is 0 Å². The number of nitriles is 1. The van der Waals surface area contributed by atoms with Gasteiger partial charge >= 0.3 is 0 Å². The molecule has 3 rings (SSSR count). The number of fused-ring (bicyclic) bond motifs is 1. The zero-order chi connectivity index (χ0) is 15.5. The molecule has 22 heavy (non-hydrogen) atoms. The Morgan fingerprint density at radius 2 is 2.05 bits per heavy atom. The van der Waals surface area contributed by atoms with E-state index in [0.717, 1.165) is 17.0 Å². The van der Waals surface area contributed by atoms with E-state index in [1.54, 1.807) is 0 Å². The van der Waals surface area contributed by atoms with Crippen molar-refractivity contribution in [1.29, 1.82) is 5.26 Å². The van der Waals surface area contributed by atoms with Crippen molar-refractivity contribution >= 4 is 10.9 Å². The van der Waals surface area contributed by atoms with Crippen molar-refractivity contribution in [2.24, 2.45) is 5.92 Å². The highest BCUT2D eigenvalue weighted by molar-refractivity contribution is 5.85. The molecule has 0 amide bonds. The fourth-order valence-electron chi connectivity index (χ4n) is 3.61. The van der Waals surface area contributed by atoms with Gasteiger partial charge in [-0.15, -0.1) is 0 Å². The Hall–Kier alpha value is -1.79. The standard InChI is InChI=1S/C19H25N3/c1-3-7-22(8-4-2)13-15-10-16(15)18-12-21-19-6-5-14(11-20)9-17(18)19/h5-6,9,12,15-16,21H,3-4,7-8,10,13H2,1-2H3/t15-,16?/m1/s1. The molecular formula is C19H25N3. The minimum atomic E-state index is 0.666. The molecule has 0 spiro atoms. The fourth-order valence-corrected chi connectivity index (χ4v) is 3.61. The second-order valence-electron chi connectivity index (χ2n) is 6.52. The van der Waals surface area contributed by atoms with Gasteiger partial charge in [-0.25, -0.2) is 0 Å². The van der Waals surface area contributed by atoms with E-state index in [4.69, 9.17) is 5.26 Å². The van der Waals surface area contributed by atoms with Crippen LogP contribution in [0.5, 0.6) is 0 Å². The molecular weight excluding hydrogens is 270 g/mol. The molecule has 3 nitrogen and oxygen atoms in total. The van der Waals surface area contributed by atoms with Crippen LogP contribution in [0.2, 0.25) is 0 Å². The van der Waals surface area contributed by atoms with Gasteiger partial charge < -0.3 is 9.88 Å². The molecule has 3 heteroatoms. The van der Waals surface area contributed by atoms with E-state index in [2.05, 4.69) is 36.0 Å². The Balaban J connectivity index is 1.73. The van der Waals surface area contributed by atoms with E-state index in [1.807, 2.05) is 18.2 Å². The zero-order valence-corrected chi connectivity index (χ0v) is 13.6. The van der Waals surface area contributed by atoms with E-state index >= 15 is 0 Å². The second kappa shape index (κ2) is 6.54. The highest BCUT2D eigenvalue weighted by Gasteiger charge is 2.40. The summed E-state index contributed by atoms with van der Waals surface area (Å²) >= 11 is 0. The van der Waals surface area contributed by atoms with Gasteiger partial charge in [0.1, 0.15) is 0 Å². The summed E-state index contributed by atoms with van der Waals surface area (Å²) in [5.41, 5.74) is 3.31. The van der Waals surface area contributed by atoms with Crippen LogP contribution in [0.1, 0.15) is 50.2 Å². The highest BCUT2D eigenvalue weighted by atomic mass is 15.1. The summed E-state index contributed by atoms with van der Waals surface area (Å²) in [4.78, 5) is 5.97. The van der Waals surface area contributed by atoms with Crippen molar-refractivity contribution in [3.63, 3.8) is 0 Å². The molecule has 116 valence electrons. The average Bonchev–Trinajstić information content (AvgIpc) is 3.15. The van der Waals surface area contributed by atoms with Crippen molar-refractivity contribution in [2.75, 3.05) is 19.6 Å². The lowest BCUT2D eigenvalue weighted by atomic mass is 10.1. The summed E-state index contributed by atoms with van der Waals surface area (Å²) in [7, 11) is 0. The SMILES string of the molecule is CCCN(CCC)C[C@H]1CC1c1c[nH]c2ccc(C#N)cc12. The van der Waals surface area contributed by atoms with E-state index in [9.17, 15) is 0 Å². The molecule has 0 radical (unpaired) electrons. The lowest BCUT2D eigenvalue weighted by Gasteiger charge is -2.20. The minimum absolute atomic E-state index is 0.666. The van der Waals surface area contributed by atoms with E-state index in [1.165, 1.54) is 49.8 Å². The number of nitrogens with zero attached hydrogens (tertiary/aromatic N) is 2. The second-order valence-corrected chi connectivity index (χ2v) is 6.52. The predicted octanol–water partition coefficient (Wildman–Crippen LogP) is 4.27. The van der Waals surface area contributed by atoms with E-state index < -0.39 is 0 Å². The maximum Gasteiger partial charge on any atom is 0.0991 e. The van der Waals surface area contributed by atoms with Gasteiger partial charge in [-0.3, -0.25) is 0 Å². The van der Waals surface area contributed by atoms with Crippen LogP contribution < -0.4 is 0 Å². The van der Waals surface area contributed by atoms with Crippen molar-refractivity contribution in [1.82, 2.24) is 9.88 Å². The monoisotopic (exact) mass is 295 g/mol. The topological polar surface area (TPSA) is 42.8 Å². The van der Waals surface area contributed by atoms with Gasteiger partial charge in [-0.05, 0) is 68.0 Å². The average molecular weight is 295 g/mol. The highest BCUT2D eigenvalue weighted by Crippen LogP contribution is 2.50. The molecule has 1 unspecified atom stereocenters. The van der Waals surface area contributed by atoms with Crippen LogP contribution in [0.25, 0.3) is 10.9 Å². The van der Waals surface area contributed by atoms with E-state index in [-0.39, 0.29) is 0 Å². The maximum atomic E-state index is 9.10. The summed E-state index contributed by atoms with van der Waals surface area (Å²) < 4.78 is 0. The number of hydrogen-bond acceptors (Lipinski definition) is 2. The molecule has 0 aliphatic heterocycles. The Morgan fingerprint density at radius 3 is 2.73 bits per heavy atom. The van der Waals surface area contributed by atoms with Crippen molar-refractivity contribution in [3.8, 4) is 6.07 Å². The smallest absolute Gasteiger partial charge is 0.0991 e. The van der Waals surface area contributed by atoms with Gasteiger partial charge in [0.25, 0.3) is 0 Å². The van der Waals surface area contributed by atoms with Gasteiger partial charge in [-0.1, -0.05) is 13.8 Å². The fraction of sp³-hybridized carbons (Fsp3) is 0.526. The van der Waals surface area contributed by atoms with Gasteiger partial charge in [-0.2, -0.15) is 5.26 Å². The molecule has 1 N–H and O–H groups in total. The van der Waals surface area contributed by atoms with E-state index in [0.29, 0.717) is 5.92 Å². The Morgan fingerprint density at radius 1 is 1.27 bits per heavy atom. The first-order valence-electron chi connectivity index (χ1n) is 8.50. The molecule has 2 atom stereocenters. The van der Waals surface area contributed by atoms with Gasteiger partial charge in [0, 0.05) is 23.6 Å². The summed E-state index contributed by atoms with van der Waals surface area (Å²) in [6.45, 7) is 8.16. The van der Waals surface area contributed by atoms with Crippen molar-refractivity contribution in [2.45, 2.75) is 39.0 Å². The predicted molar refractivity (Wildman–Crippen MR) is 90.9 cm³/mol. The molecule has 1 aliphatic rings. The van der Waals surface area contributed by atoms with Crippen LogP contribution in [0.3, 0.4) is 0 Å². The minimum Gasteiger partial charge on any atom is -0.361 e. The summed E-state index contributed by atoms with van der Waals surface area (Å²) in [5, 5.41) is 10.3. The van der Waals surface area contributed by atoms with Crippen LogP contribution in [-0.4, -0.2) is 29.5 Å². The number of rotatable bonds is 7. The van der Waals surface area contributed by atoms with Crippen LogP contribution in [0, 0.1) is 17.2 Å². The number of nitrogens with one attached hydrogen (secondary N) is 1. The molecule has 1 fully saturated rings. The first-order valence-corrected chi connectivity index (χ1v) is 8.50. The molecule has 1 aliphatic carbocycles. The summed E-state index contributed by atoms with van der Waals surface area (Å²) in [6, 6.07) is 8.19. The maximum absolute atomic E-state index is 9.10. The number of benzene rings is 1. The van der Waals surface area contributed by atoms with Crippen molar-refractivity contribution < 1.29 is 0 Å². The van der Waals surface area contributed by atoms with Gasteiger partial charge in [0.15, 0.2) is 0 Å². The molecule has 2 aromatic rings. The van der Waals surface area contributed by atoms with Crippen molar-refractivity contribution in [3.05, 3.63) is 35.5 Å². The summed E-state index contributed by atoms with van der Waals surface area (Å²) in [5.74, 6) is 1.45. The number of aromatic amines is 1. The quantitative estimate of drug-likeness (QED) is 0.829. The molecule has 1 saturated carbocycles. The largest absolute Gasteiger partial charge is 0.361 e. The third-order valence-electron chi connectivity index (χ3n) is 4.74. The first kappa shape index (κ1) is 15.1. The molecule has 1 aromatic carbocycles. The molecule has 0 bridgehead atoms. The normalized spacial score (nSPS) is 20.5. The Kier molecular flexibility index (Phi) is 4.49.